The lowest BCUT2D eigenvalue weighted by molar-refractivity contribution is -0.121. The van der Waals surface area contributed by atoms with E-state index >= 15 is 0 Å². The maximum absolute atomic E-state index is 12.1. The summed E-state index contributed by atoms with van der Waals surface area (Å²) in [4.78, 5) is 22.1. The van der Waals surface area contributed by atoms with Crippen LogP contribution in [0.2, 0.25) is 0 Å². The minimum absolute atomic E-state index is 0.110. The molecule has 0 radical (unpaired) electrons. The monoisotopic (exact) mass is 412 g/mol. The Balaban J connectivity index is 3.13. The SMILES string of the molecule is CNC(=O)C(C)NS(=O)(=O)c1ccc(I)c(C(=O)O)c1. The van der Waals surface area contributed by atoms with Gasteiger partial charge in [0.25, 0.3) is 0 Å². The molecule has 1 amide bonds. The smallest absolute Gasteiger partial charge is 0.336 e. The van der Waals surface area contributed by atoms with E-state index in [1.165, 1.54) is 26.1 Å². The normalized spacial score (nSPS) is 12.8. The number of carboxylic acid groups (broad SMARTS) is 1. The van der Waals surface area contributed by atoms with Crippen molar-refractivity contribution in [2.45, 2.75) is 17.9 Å². The summed E-state index contributed by atoms with van der Waals surface area (Å²) in [6.07, 6.45) is 0. The van der Waals surface area contributed by atoms with Gasteiger partial charge in [0, 0.05) is 10.6 Å². The fourth-order valence-electron chi connectivity index (χ4n) is 1.41. The van der Waals surface area contributed by atoms with Gasteiger partial charge in [-0.1, -0.05) is 0 Å². The maximum atomic E-state index is 12.1. The molecule has 0 spiro atoms. The summed E-state index contributed by atoms with van der Waals surface area (Å²) >= 11 is 1.80. The van der Waals surface area contributed by atoms with Crippen LogP contribution >= 0.6 is 22.6 Å². The Kier molecular flexibility index (Phi) is 5.48. The lowest BCUT2D eigenvalue weighted by Crippen LogP contribution is -2.43. The van der Waals surface area contributed by atoms with Gasteiger partial charge in [-0.3, -0.25) is 4.79 Å². The van der Waals surface area contributed by atoms with Crippen LogP contribution in [0.15, 0.2) is 23.1 Å². The second kappa shape index (κ2) is 6.50. The van der Waals surface area contributed by atoms with Gasteiger partial charge in [-0.15, -0.1) is 0 Å². The molecule has 0 fully saturated rings. The Morgan fingerprint density at radius 3 is 2.45 bits per heavy atom. The number of hydrogen-bond donors (Lipinski definition) is 3. The van der Waals surface area contributed by atoms with Crippen molar-refractivity contribution >= 4 is 44.5 Å². The third kappa shape index (κ3) is 3.90. The van der Waals surface area contributed by atoms with Crippen molar-refractivity contribution in [1.29, 1.82) is 0 Å². The molecule has 3 N–H and O–H groups in total. The van der Waals surface area contributed by atoms with Crippen molar-refractivity contribution in [3.63, 3.8) is 0 Å². The van der Waals surface area contributed by atoms with E-state index in [-0.39, 0.29) is 10.5 Å². The fraction of sp³-hybridized carbons (Fsp3) is 0.273. The highest BCUT2D eigenvalue weighted by Crippen LogP contribution is 2.18. The number of carboxylic acids is 1. The van der Waals surface area contributed by atoms with Crippen LogP contribution in [-0.4, -0.2) is 38.5 Å². The summed E-state index contributed by atoms with van der Waals surface area (Å²) in [6.45, 7) is 1.39. The average molecular weight is 412 g/mol. The molecule has 20 heavy (non-hydrogen) atoms. The van der Waals surface area contributed by atoms with E-state index in [1.807, 2.05) is 0 Å². The van der Waals surface area contributed by atoms with E-state index in [4.69, 9.17) is 5.11 Å². The molecule has 0 aliphatic heterocycles. The van der Waals surface area contributed by atoms with Crippen LogP contribution in [0.5, 0.6) is 0 Å². The van der Waals surface area contributed by atoms with Crippen molar-refractivity contribution in [1.82, 2.24) is 10.0 Å². The van der Waals surface area contributed by atoms with Gasteiger partial charge >= 0.3 is 5.97 Å². The Hall–Kier alpha value is -1.20. The summed E-state index contributed by atoms with van der Waals surface area (Å²) in [5, 5.41) is 11.3. The van der Waals surface area contributed by atoms with Crippen molar-refractivity contribution in [3.8, 4) is 0 Å². The molecule has 0 aliphatic rings. The van der Waals surface area contributed by atoms with E-state index in [0.717, 1.165) is 6.07 Å². The number of likely N-dealkylation sites (N-methyl/N-ethyl adjacent to an activating group) is 1. The first kappa shape index (κ1) is 16.9. The molecule has 0 saturated carbocycles. The average Bonchev–Trinajstić information content (AvgIpc) is 2.36. The molecule has 0 saturated heterocycles. The molecule has 1 aromatic rings. The number of sulfonamides is 1. The molecule has 7 nitrogen and oxygen atoms in total. The van der Waals surface area contributed by atoms with Gasteiger partial charge in [-0.05, 0) is 47.7 Å². The molecule has 1 unspecified atom stereocenters. The zero-order chi connectivity index (χ0) is 15.5. The van der Waals surface area contributed by atoms with Gasteiger partial charge in [0.1, 0.15) is 0 Å². The number of benzene rings is 1. The van der Waals surface area contributed by atoms with Gasteiger partial charge in [0.2, 0.25) is 15.9 Å². The van der Waals surface area contributed by atoms with Gasteiger partial charge < -0.3 is 10.4 Å². The molecule has 110 valence electrons. The van der Waals surface area contributed by atoms with Crippen molar-refractivity contribution in [2.75, 3.05) is 7.05 Å². The first-order chi connectivity index (χ1) is 9.19. The second-order valence-corrected chi connectivity index (χ2v) is 6.78. The molecule has 0 bridgehead atoms. The molecular weight excluding hydrogens is 399 g/mol. The number of amides is 1. The van der Waals surface area contributed by atoms with Gasteiger partial charge in [-0.2, -0.15) is 4.72 Å². The Morgan fingerprint density at radius 2 is 1.95 bits per heavy atom. The fourth-order valence-corrected chi connectivity index (χ4v) is 3.20. The van der Waals surface area contributed by atoms with Crippen LogP contribution < -0.4 is 10.0 Å². The quantitative estimate of drug-likeness (QED) is 0.607. The Labute approximate surface area is 129 Å². The number of halogens is 1. The molecule has 9 heteroatoms. The lowest BCUT2D eigenvalue weighted by Gasteiger charge is -2.13. The van der Waals surface area contributed by atoms with Crippen LogP contribution in [0.4, 0.5) is 0 Å². The largest absolute Gasteiger partial charge is 0.478 e. The number of hydrogen-bond acceptors (Lipinski definition) is 4. The van der Waals surface area contributed by atoms with Crippen LogP contribution in [0, 0.1) is 3.57 Å². The number of rotatable bonds is 5. The first-order valence-electron chi connectivity index (χ1n) is 5.46. The first-order valence-corrected chi connectivity index (χ1v) is 8.02. The number of nitrogens with one attached hydrogen (secondary N) is 2. The second-order valence-electron chi connectivity index (χ2n) is 3.90. The van der Waals surface area contributed by atoms with Gasteiger partial charge in [-0.25, -0.2) is 13.2 Å². The van der Waals surface area contributed by atoms with Crippen LogP contribution in [0.1, 0.15) is 17.3 Å². The van der Waals surface area contributed by atoms with Gasteiger partial charge in [0.05, 0.1) is 16.5 Å². The molecule has 1 aromatic carbocycles. The van der Waals surface area contributed by atoms with E-state index in [1.54, 1.807) is 22.6 Å². The van der Waals surface area contributed by atoms with Crippen LogP contribution in [0.25, 0.3) is 0 Å². The number of aromatic carboxylic acids is 1. The molecule has 1 rings (SSSR count). The topological polar surface area (TPSA) is 113 Å². The minimum atomic E-state index is -3.96. The summed E-state index contributed by atoms with van der Waals surface area (Å²) in [7, 11) is -2.58. The standard InChI is InChI=1S/C11H13IN2O5S/c1-6(10(15)13-2)14-20(18,19)7-3-4-9(12)8(5-7)11(16)17/h3-6,14H,1-2H3,(H,13,15)(H,16,17). The van der Waals surface area contributed by atoms with Crippen LogP contribution in [-0.2, 0) is 14.8 Å². The summed E-state index contributed by atoms with van der Waals surface area (Å²) in [5.41, 5.74) is -0.110. The molecule has 0 heterocycles. The number of carbonyl (C=O) groups is 2. The Bertz CT molecular complexity index is 644. The van der Waals surface area contributed by atoms with Crippen molar-refractivity contribution in [3.05, 3.63) is 27.3 Å². The summed E-state index contributed by atoms with van der Waals surface area (Å²) in [5.74, 6) is -1.71. The van der Waals surface area contributed by atoms with E-state index in [0.29, 0.717) is 3.57 Å². The third-order valence-corrected chi connectivity index (χ3v) is 4.93. The molecule has 1 atom stereocenters. The highest BCUT2D eigenvalue weighted by Gasteiger charge is 2.23. The summed E-state index contributed by atoms with van der Waals surface area (Å²) < 4.78 is 26.7. The molecule has 0 aliphatic carbocycles. The van der Waals surface area contributed by atoms with Gasteiger partial charge in [0.15, 0.2) is 0 Å². The zero-order valence-electron chi connectivity index (χ0n) is 10.7. The predicted octanol–water partition coefficient (Wildman–Crippen LogP) is 0.402. The zero-order valence-corrected chi connectivity index (χ0v) is 13.6. The van der Waals surface area contributed by atoms with Crippen molar-refractivity contribution < 1.29 is 23.1 Å². The predicted molar refractivity (Wildman–Crippen MR) is 80.0 cm³/mol. The van der Waals surface area contributed by atoms with E-state index in [2.05, 4.69) is 10.0 Å². The maximum Gasteiger partial charge on any atom is 0.336 e. The molecular formula is C11H13IN2O5S. The van der Waals surface area contributed by atoms with Crippen LogP contribution in [0.3, 0.4) is 0 Å². The van der Waals surface area contributed by atoms with Crippen molar-refractivity contribution in [2.24, 2.45) is 0 Å². The molecule has 0 aromatic heterocycles. The minimum Gasteiger partial charge on any atom is -0.478 e. The summed E-state index contributed by atoms with van der Waals surface area (Å²) in [6, 6.07) is 2.77. The Morgan fingerprint density at radius 1 is 1.35 bits per heavy atom. The third-order valence-electron chi connectivity index (χ3n) is 2.45. The lowest BCUT2D eigenvalue weighted by atomic mass is 10.2. The number of carbonyl (C=O) groups excluding carboxylic acids is 1. The highest BCUT2D eigenvalue weighted by atomic mass is 127. The van der Waals surface area contributed by atoms with E-state index < -0.39 is 27.9 Å². The van der Waals surface area contributed by atoms with E-state index in [9.17, 15) is 18.0 Å². The highest BCUT2D eigenvalue weighted by molar-refractivity contribution is 14.1.